The van der Waals surface area contributed by atoms with Gasteiger partial charge in [0, 0.05) is 29.7 Å². The van der Waals surface area contributed by atoms with Crippen LogP contribution in [0.3, 0.4) is 0 Å². The third-order valence-electron chi connectivity index (χ3n) is 7.18. The highest BCUT2D eigenvalue weighted by atomic mass is 32.1. The number of nitrogens with zero attached hydrogens (tertiary/aromatic N) is 2. The minimum atomic E-state index is -1.18. The maximum absolute atomic E-state index is 13.7. The number of carboxylic acids is 1. The molecular weight excluding hydrogens is 508 g/mol. The first kappa shape index (κ1) is 27.4. The third-order valence-corrected chi connectivity index (χ3v) is 8.05. The van der Waals surface area contributed by atoms with Gasteiger partial charge >= 0.3 is 12.0 Å². The van der Waals surface area contributed by atoms with E-state index in [-0.39, 0.29) is 37.8 Å². The second-order valence-corrected chi connectivity index (χ2v) is 10.7. The number of ether oxygens (including phenoxy) is 1. The average Bonchev–Trinajstić information content (AvgIpc) is 3.59. The van der Waals surface area contributed by atoms with Crippen LogP contribution in [-0.2, 0) is 20.8 Å². The monoisotopic (exact) mass is 542 g/mol. The lowest BCUT2D eigenvalue weighted by molar-refractivity contribution is -0.142. The highest BCUT2D eigenvalue weighted by molar-refractivity contribution is 7.10. The maximum Gasteiger partial charge on any atom is 0.323 e. The van der Waals surface area contributed by atoms with Gasteiger partial charge < -0.3 is 25.4 Å². The Morgan fingerprint density at radius 3 is 2.39 bits per heavy atom. The minimum absolute atomic E-state index is 0.0436. The van der Waals surface area contributed by atoms with E-state index < -0.39 is 30.1 Å². The smallest absolute Gasteiger partial charge is 0.323 e. The Kier molecular flexibility index (Phi) is 9.22. The maximum atomic E-state index is 13.7. The Balaban J connectivity index is 1.54. The van der Waals surface area contributed by atoms with Crippen molar-refractivity contribution in [1.29, 1.82) is 0 Å². The lowest BCUT2D eigenvalue weighted by atomic mass is 9.82. The SMILES string of the molecule is COc1ccc(NC(=O)N2CCN(C(=O)Cc3cccs3)C2C(=O)NC(CC(=O)O)C2CCCCC2)cc1. The number of hydrogen-bond donors (Lipinski definition) is 3. The molecular formula is C27H34N4O6S. The standard InChI is InChI=1S/C27H34N4O6S/c1-37-20-11-9-19(10-12-20)28-27(36)31-14-13-30(23(32)16-21-8-5-15-38-21)26(31)25(35)29-22(17-24(33)34)18-6-3-2-4-7-18/h5,8-12,15,18,22,26H,2-4,6-7,13-14,16-17H2,1H3,(H,28,36)(H,29,35)(H,33,34). The van der Waals surface area contributed by atoms with E-state index in [1.165, 1.54) is 21.1 Å². The van der Waals surface area contributed by atoms with Gasteiger partial charge in [0.15, 0.2) is 6.17 Å². The van der Waals surface area contributed by atoms with Gasteiger partial charge in [-0.2, -0.15) is 0 Å². The molecule has 38 heavy (non-hydrogen) atoms. The van der Waals surface area contributed by atoms with Crippen molar-refractivity contribution in [2.45, 2.75) is 57.2 Å². The van der Waals surface area contributed by atoms with Gasteiger partial charge in [0.2, 0.25) is 5.91 Å². The fraction of sp³-hybridized carbons (Fsp3) is 0.481. The number of urea groups is 1. The molecule has 0 bridgehead atoms. The van der Waals surface area contributed by atoms with Crippen LogP contribution in [0.25, 0.3) is 0 Å². The van der Waals surface area contributed by atoms with E-state index in [0.717, 1.165) is 37.0 Å². The Morgan fingerprint density at radius 2 is 1.76 bits per heavy atom. The van der Waals surface area contributed by atoms with E-state index in [0.29, 0.717) is 11.4 Å². The van der Waals surface area contributed by atoms with Crippen LogP contribution in [0.2, 0.25) is 0 Å². The van der Waals surface area contributed by atoms with Crippen LogP contribution in [0.15, 0.2) is 41.8 Å². The molecule has 2 unspecified atom stereocenters. The van der Waals surface area contributed by atoms with Crippen LogP contribution in [-0.4, -0.2) is 71.1 Å². The molecule has 1 aliphatic carbocycles. The van der Waals surface area contributed by atoms with E-state index in [4.69, 9.17) is 4.74 Å². The molecule has 4 amide bonds. The van der Waals surface area contributed by atoms with Gasteiger partial charge in [-0.1, -0.05) is 25.3 Å². The molecule has 4 rings (SSSR count). The predicted molar refractivity (Wildman–Crippen MR) is 143 cm³/mol. The van der Waals surface area contributed by atoms with E-state index in [1.54, 1.807) is 31.4 Å². The van der Waals surface area contributed by atoms with E-state index in [9.17, 15) is 24.3 Å². The van der Waals surface area contributed by atoms with E-state index >= 15 is 0 Å². The number of thiophene rings is 1. The largest absolute Gasteiger partial charge is 0.497 e. The molecule has 1 aliphatic heterocycles. The number of carbonyl (C=O) groups is 4. The molecule has 2 heterocycles. The van der Waals surface area contributed by atoms with Crippen molar-refractivity contribution in [3.63, 3.8) is 0 Å². The summed E-state index contributed by atoms with van der Waals surface area (Å²) in [6.45, 7) is 0.370. The van der Waals surface area contributed by atoms with Crippen molar-refractivity contribution in [2.75, 3.05) is 25.5 Å². The first-order chi connectivity index (χ1) is 18.4. The molecule has 0 radical (unpaired) electrons. The van der Waals surface area contributed by atoms with Gasteiger partial charge in [-0.05, 0) is 54.5 Å². The molecule has 11 heteroatoms. The van der Waals surface area contributed by atoms with Gasteiger partial charge in [0.05, 0.1) is 20.0 Å². The number of benzene rings is 1. The van der Waals surface area contributed by atoms with Crippen molar-refractivity contribution >= 4 is 40.8 Å². The van der Waals surface area contributed by atoms with Crippen LogP contribution in [0.5, 0.6) is 5.75 Å². The zero-order valence-electron chi connectivity index (χ0n) is 21.4. The molecule has 1 saturated heterocycles. The molecule has 2 atom stereocenters. The number of anilines is 1. The molecule has 2 aliphatic rings. The quantitative estimate of drug-likeness (QED) is 0.445. The summed E-state index contributed by atoms with van der Waals surface area (Å²) in [6.07, 6.45) is 3.49. The Bertz CT molecular complexity index is 1120. The summed E-state index contributed by atoms with van der Waals surface area (Å²) in [6, 6.07) is 9.42. The van der Waals surface area contributed by atoms with Crippen LogP contribution in [0.4, 0.5) is 10.5 Å². The van der Waals surface area contributed by atoms with Crippen molar-refractivity contribution in [3.05, 3.63) is 46.7 Å². The molecule has 2 fully saturated rings. The molecule has 1 aromatic heterocycles. The molecule has 1 aromatic carbocycles. The summed E-state index contributed by atoms with van der Waals surface area (Å²) in [5, 5.41) is 17.1. The van der Waals surface area contributed by atoms with Crippen molar-refractivity contribution in [2.24, 2.45) is 5.92 Å². The Labute approximate surface area is 225 Å². The topological polar surface area (TPSA) is 128 Å². The number of carboxylic acid groups (broad SMARTS) is 1. The van der Waals surface area contributed by atoms with Crippen LogP contribution < -0.4 is 15.4 Å². The van der Waals surface area contributed by atoms with Crippen LogP contribution in [0.1, 0.15) is 43.4 Å². The number of aliphatic carboxylic acids is 1. The lowest BCUT2D eigenvalue weighted by Gasteiger charge is -2.34. The molecule has 1 saturated carbocycles. The van der Waals surface area contributed by atoms with Gasteiger partial charge in [0.1, 0.15) is 5.75 Å². The fourth-order valence-electron chi connectivity index (χ4n) is 5.24. The van der Waals surface area contributed by atoms with Crippen molar-refractivity contribution < 1.29 is 29.0 Å². The van der Waals surface area contributed by atoms with Gasteiger partial charge in [-0.3, -0.25) is 19.3 Å². The van der Waals surface area contributed by atoms with Gasteiger partial charge in [-0.25, -0.2) is 4.79 Å². The normalized spacial score (nSPS) is 18.6. The number of amides is 4. The third kappa shape index (κ3) is 6.83. The fourth-order valence-corrected chi connectivity index (χ4v) is 5.93. The van der Waals surface area contributed by atoms with Crippen LogP contribution in [0, 0.1) is 5.92 Å². The average molecular weight is 543 g/mol. The molecule has 2 aromatic rings. The zero-order chi connectivity index (χ0) is 27.1. The van der Waals surface area contributed by atoms with Crippen LogP contribution >= 0.6 is 11.3 Å². The summed E-state index contributed by atoms with van der Waals surface area (Å²) < 4.78 is 5.16. The number of methoxy groups -OCH3 is 1. The molecule has 204 valence electrons. The van der Waals surface area contributed by atoms with Crippen molar-refractivity contribution in [3.8, 4) is 5.75 Å². The van der Waals surface area contributed by atoms with E-state index in [2.05, 4.69) is 10.6 Å². The minimum Gasteiger partial charge on any atom is -0.497 e. The first-order valence-electron chi connectivity index (χ1n) is 12.9. The number of carbonyl (C=O) groups excluding carboxylic acids is 3. The van der Waals surface area contributed by atoms with Gasteiger partial charge in [0.25, 0.3) is 5.91 Å². The second kappa shape index (κ2) is 12.8. The predicted octanol–water partition coefficient (Wildman–Crippen LogP) is 3.54. The Hall–Kier alpha value is -3.60. The Morgan fingerprint density at radius 1 is 1.05 bits per heavy atom. The zero-order valence-corrected chi connectivity index (χ0v) is 22.2. The summed E-state index contributed by atoms with van der Waals surface area (Å²) in [7, 11) is 1.55. The number of nitrogens with one attached hydrogen (secondary N) is 2. The van der Waals surface area contributed by atoms with Gasteiger partial charge in [-0.15, -0.1) is 11.3 Å². The number of hydrogen-bond acceptors (Lipinski definition) is 6. The van der Waals surface area contributed by atoms with Crippen molar-refractivity contribution in [1.82, 2.24) is 15.1 Å². The first-order valence-corrected chi connectivity index (χ1v) is 13.8. The lowest BCUT2D eigenvalue weighted by Crippen LogP contribution is -2.57. The number of rotatable bonds is 9. The summed E-state index contributed by atoms with van der Waals surface area (Å²) in [5.74, 6) is -1.11. The summed E-state index contributed by atoms with van der Waals surface area (Å²) in [5.41, 5.74) is 0.518. The van der Waals surface area contributed by atoms with E-state index in [1.807, 2.05) is 17.5 Å². The summed E-state index contributed by atoms with van der Waals surface area (Å²) >= 11 is 1.45. The molecule has 3 N–H and O–H groups in total. The summed E-state index contributed by atoms with van der Waals surface area (Å²) in [4.78, 5) is 55.5. The molecule has 10 nitrogen and oxygen atoms in total. The highest BCUT2D eigenvalue weighted by Crippen LogP contribution is 2.29. The highest BCUT2D eigenvalue weighted by Gasteiger charge is 2.44. The second-order valence-electron chi connectivity index (χ2n) is 9.68. The molecule has 0 spiro atoms.